The van der Waals surface area contributed by atoms with Crippen LogP contribution in [0.5, 0.6) is 0 Å². The predicted molar refractivity (Wildman–Crippen MR) is 52.1 cm³/mol. The molecule has 0 spiro atoms. The molecular weight excluding hydrogens is 200 g/mol. The minimum absolute atomic E-state index is 0. The van der Waals surface area contributed by atoms with Gasteiger partial charge in [-0.1, -0.05) is 0 Å². The van der Waals surface area contributed by atoms with Crippen molar-refractivity contribution >= 4 is 11.9 Å². The van der Waals surface area contributed by atoms with E-state index >= 15 is 0 Å². The number of nitrogens with two attached hydrogens (primary N) is 2. The van der Waals surface area contributed by atoms with Crippen molar-refractivity contribution in [2.75, 3.05) is 11.5 Å². The second-order valence-electron chi connectivity index (χ2n) is 1.99. The number of nitrogen functional groups attached to an aromatic ring is 2. The Hall–Kier alpha value is -2.42. The molecule has 2 rings (SSSR count). The molecule has 0 atom stereocenters. The summed E-state index contributed by atoms with van der Waals surface area (Å²) in [7, 11) is 0. The fraction of sp³-hybridized carbons (Fsp3) is 0. The number of nitrogens with zero attached hydrogens (tertiary/aromatic N) is 6. The molecule has 0 aliphatic carbocycles. The largest absolute Gasteiger partial charge is 0.412 e. The van der Waals surface area contributed by atoms with Gasteiger partial charge in [0.15, 0.2) is 0 Å². The van der Waals surface area contributed by atoms with Crippen LogP contribution >= 0.6 is 0 Å². The first-order valence-corrected chi connectivity index (χ1v) is 3.54. The van der Waals surface area contributed by atoms with E-state index in [1.54, 1.807) is 0 Å². The van der Waals surface area contributed by atoms with Crippen molar-refractivity contribution in [2.45, 2.75) is 0 Å². The van der Waals surface area contributed by atoms with Gasteiger partial charge in [0.25, 0.3) is 0 Å². The third-order valence-corrected chi connectivity index (χ3v) is 1.03. The quantitative estimate of drug-likeness (QED) is 0.508. The fourth-order valence-electron chi connectivity index (χ4n) is 0.496. The van der Waals surface area contributed by atoms with Crippen molar-refractivity contribution in [1.82, 2.24) is 29.9 Å². The molecular formula is C6H10N8O. The summed E-state index contributed by atoms with van der Waals surface area (Å²) in [5.74, 6) is 0.519. The Morgan fingerprint density at radius 1 is 0.667 bits per heavy atom. The van der Waals surface area contributed by atoms with Crippen LogP contribution in [0.15, 0.2) is 25.3 Å². The highest BCUT2D eigenvalue weighted by atomic mass is 16.0. The van der Waals surface area contributed by atoms with E-state index in [1.807, 2.05) is 0 Å². The van der Waals surface area contributed by atoms with Crippen molar-refractivity contribution in [3.63, 3.8) is 0 Å². The summed E-state index contributed by atoms with van der Waals surface area (Å²) in [6.07, 6.45) is 5.40. The second kappa shape index (κ2) is 7.03. The molecule has 0 aliphatic heterocycles. The lowest BCUT2D eigenvalue weighted by atomic mass is 11.0. The van der Waals surface area contributed by atoms with Gasteiger partial charge in [-0.25, -0.2) is 29.9 Å². The number of rotatable bonds is 0. The van der Waals surface area contributed by atoms with Crippen LogP contribution in [0.1, 0.15) is 0 Å². The van der Waals surface area contributed by atoms with Gasteiger partial charge in [0.05, 0.1) is 0 Å². The highest BCUT2D eigenvalue weighted by Gasteiger charge is 1.76. The van der Waals surface area contributed by atoms with Gasteiger partial charge in [-0.05, 0) is 0 Å². The molecule has 2 aromatic heterocycles. The zero-order valence-corrected chi connectivity index (χ0v) is 7.65. The smallest absolute Gasteiger partial charge is 0.222 e. The standard InChI is InChI=1S/2C3H4N4.H2O/c2*4-3-6-1-5-2-7-3;/h2*1-2H,(H2,4,5,6,7);1H2. The minimum Gasteiger partial charge on any atom is -0.412 e. The van der Waals surface area contributed by atoms with Crippen LogP contribution < -0.4 is 11.5 Å². The Morgan fingerprint density at radius 2 is 0.933 bits per heavy atom. The summed E-state index contributed by atoms with van der Waals surface area (Å²) in [4.78, 5) is 21.2. The first-order chi connectivity index (χ1) is 6.79. The maximum atomic E-state index is 5.10. The lowest BCUT2D eigenvalue weighted by molar-refractivity contribution is 0.824. The normalized spacial score (nSPS) is 8.00. The summed E-state index contributed by atoms with van der Waals surface area (Å²) >= 11 is 0. The maximum absolute atomic E-state index is 5.10. The van der Waals surface area contributed by atoms with Crippen LogP contribution in [0.4, 0.5) is 11.9 Å². The molecule has 80 valence electrons. The molecule has 9 heteroatoms. The maximum Gasteiger partial charge on any atom is 0.222 e. The molecule has 0 amide bonds. The van der Waals surface area contributed by atoms with Crippen molar-refractivity contribution in [2.24, 2.45) is 0 Å². The summed E-state index contributed by atoms with van der Waals surface area (Å²) < 4.78 is 0. The molecule has 0 radical (unpaired) electrons. The van der Waals surface area contributed by atoms with Crippen LogP contribution in [0, 0.1) is 0 Å². The highest BCUT2D eigenvalue weighted by Crippen LogP contribution is 1.78. The van der Waals surface area contributed by atoms with Crippen LogP contribution in [0.25, 0.3) is 0 Å². The van der Waals surface area contributed by atoms with Gasteiger partial charge in [0, 0.05) is 0 Å². The molecule has 0 bridgehead atoms. The molecule has 0 aromatic carbocycles. The van der Waals surface area contributed by atoms with Gasteiger partial charge < -0.3 is 16.9 Å². The summed E-state index contributed by atoms with van der Waals surface area (Å²) in [5.41, 5.74) is 10.2. The molecule has 0 fully saturated rings. The predicted octanol–water partition coefficient (Wildman–Crippen LogP) is -1.92. The van der Waals surface area contributed by atoms with Crippen LogP contribution in [0.3, 0.4) is 0 Å². The minimum atomic E-state index is 0. The molecule has 0 unspecified atom stereocenters. The van der Waals surface area contributed by atoms with Gasteiger partial charge in [-0.15, -0.1) is 0 Å². The van der Waals surface area contributed by atoms with Crippen LogP contribution in [-0.4, -0.2) is 35.4 Å². The zero-order chi connectivity index (χ0) is 10.2. The molecule has 0 aliphatic rings. The summed E-state index contributed by atoms with van der Waals surface area (Å²) in [5, 5.41) is 0. The summed E-state index contributed by atoms with van der Waals surface area (Å²) in [6.45, 7) is 0. The molecule has 0 saturated carbocycles. The molecule has 15 heavy (non-hydrogen) atoms. The third-order valence-electron chi connectivity index (χ3n) is 1.03. The van der Waals surface area contributed by atoms with Crippen molar-refractivity contribution in [3.8, 4) is 0 Å². The van der Waals surface area contributed by atoms with Gasteiger partial charge in [0.1, 0.15) is 25.3 Å². The topological polar surface area (TPSA) is 161 Å². The van der Waals surface area contributed by atoms with E-state index in [4.69, 9.17) is 11.5 Å². The first kappa shape index (κ1) is 12.6. The highest BCUT2D eigenvalue weighted by molar-refractivity contribution is 5.09. The van der Waals surface area contributed by atoms with E-state index in [-0.39, 0.29) is 17.4 Å². The molecule has 6 N–H and O–H groups in total. The van der Waals surface area contributed by atoms with Gasteiger partial charge in [-0.2, -0.15) is 0 Å². The second-order valence-corrected chi connectivity index (χ2v) is 1.99. The van der Waals surface area contributed by atoms with E-state index in [2.05, 4.69) is 29.9 Å². The van der Waals surface area contributed by atoms with E-state index in [9.17, 15) is 0 Å². The third kappa shape index (κ3) is 5.76. The molecule has 0 saturated heterocycles. The van der Waals surface area contributed by atoms with Crippen molar-refractivity contribution in [1.29, 1.82) is 0 Å². The van der Waals surface area contributed by atoms with E-state index < -0.39 is 0 Å². The Labute approximate surface area is 85.0 Å². The average molecular weight is 210 g/mol. The Bertz CT molecular complexity index is 317. The monoisotopic (exact) mass is 210 g/mol. The van der Waals surface area contributed by atoms with Crippen molar-refractivity contribution in [3.05, 3.63) is 25.3 Å². The lowest BCUT2D eigenvalue weighted by Gasteiger charge is -1.81. The van der Waals surface area contributed by atoms with Gasteiger partial charge >= 0.3 is 0 Å². The molecule has 2 aromatic rings. The Morgan fingerprint density at radius 3 is 1.07 bits per heavy atom. The van der Waals surface area contributed by atoms with Gasteiger partial charge in [0.2, 0.25) is 11.9 Å². The average Bonchev–Trinajstić information content (AvgIpc) is 2.21. The van der Waals surface area contributed by atoms with E-state index in [1.165, 1.54) is 25.3 Å². The van der Waals surface area contributed by atoms with E-state index in [0.29, 0.717) is 0 Å². The number of hydrogen-bond acceptors (Lipinski definition) is 8. The van der Waals surface area contributed by atoms with Crippen LogP contribution in [-0.2, 0) is 0 Å². The first-order valence-electron chi connectivity index (χ1n) is 3.54. The van der Waals surface area contributed by atoms with E-state index in [0.717, 1.165) is 0 Å². The fourth-order valence-corrected chi connectivity index (χ4v) is 0.496. The molecule has 9 nitrogen and oxygen atoms in total. The number of anilines is 2. The Kier molecular flexibility index (Phi) is 5.89. The number of hydrogen-bond donors (Lipinski definition) is 2. The SMILES string of the molecule is Nc1ncncn1.Nc1ncncn1.O. The molecule has 2 heterocycles. The Balaban J connectivity index is 0.000000245. The zero-order valence-electron chi connectivity index (χ0n) is 7.65. The lowest BCUT2D eigenvalue weighted by Crippen LogP contribution is -1.92. The van der Waals surface area contributed by atoms with Crippen molar-refractivity contribution < 1.29 is 5.48 Å². The summed E-state index contributed by atoms with van der Waals surface area (Å²) in [6, 6.07) is 0. The van der Waals surface area contributed by atoms with Gasteiger partial charge in [-0.3, -0.25) is 0 Å². The van der Waals surface area contributed by atoms with Crippen LogP contribution in [0.2, 0.25) is 0 Å². The number of aromatic nitrogens is 6.